The Morgan fingerprint density at radius 2 is 1.76 bits per heavy atom. The lowest BCUT2D eigenvalue weighted by Gasteiger charge is -2.35. The standard InChI is InChI=1S/C28H25N5O4/c1-36-27(34)23-22(16-7-4-3-5-8-16)20(15-29)26(30)33(25(23)28(35)37-2)18-13-11-17(12-14-18)24-19-9-6-10-21(19)31-32-24/h3-5,7-8,11-14,22H,6,9-10,30H2,1-2H3,(H,31,32). The monoisotopic (exact) mass is 495 g/mol. The van der Waals surface area contributed by atoms with E-state index in [1.54, 1.807) is 36.4 Å². The van der Waals surface area contributed by atoms with Gasteiger partial charge in [-0.3, -0.25) is 10.00 Å². The molecular weight excluding hydrogens is 470 g/mol. The number of aromatic amines is 1. The molecule has 2 aliphatic rings. The van der Waals surface area contributed by atoms with Crippen molar-refractivity contribution >= 4 is 17.6 Å². The number of fused-ring (bicyclic) bond motifs is 1. The molecule has 5 rings (SSSR count). The largest absolute Gasteiger partial charge is 0.466 e. The lowest BCUT2D eigenvalue weighted by molar-refractivity contribution is -0.139. The van der Waals surface area contributed by atoms with E-state index in [0.717, 1.165) is 36.2 Å². The molecule has 0 radical (unpaired) electrons. The number of benzene rings is 2. The first-order valence-electron chi connectivity index (χ1n) is 11.8. The summed E-state index contributed by atoms with van der Waals surface area (Å²) in [5, 5.41) is 17.7. The molecule has 9 heteroatoms. The van der Waals surface area contributed by atoms with Crippen molar-refractivity contribution in [2.45, 2.75) is 25.2 Å². The van der Waals surface area contributed by atoms with Crippen LogP contribution in [0, 0.1) is 11.3 Å². The van der Waals surface area contributed by atoms with Crippen molar-refractivity contribution in [3.8, 4) is 17.3 Å². The third-order valence-corrected chi connectivity index (χ3v) is 6.82. The Kier molecular flexibility index (Phi) is 6.24. The van der Waals surface area contributed by atoms with Crippen LogP contribution in [0.2, 0.25) is 0 Å². The van der Waals surface area contributed by atoms with Crippen LogP contribution in [0.25, 0.3) is 11.3 Å². The van der Waals surface area contributed by atoms with Crippen molar-refractivity contribution in [2.24, 2.45) is 5.73 Å². The number of aromatic nitrogens is 2. The van der Waals surface area contributed by atoms with Crippen molar-refractivity contribution < 1.29 is 19.1 Å². The summed E-state index contributed by atoms with van der Waals surface area (Å²) >= 11 is 0. The van der Waals surface area contributed by atoms with Gasteiger partial charge in [-0.05, 0) is 37.0 Å². The fourth-order valence-electron chi connectivity index (χ4n) is 5.11. The summed E-state index contributed by atoms with van der Waals surface area (Å²) in [4.78, 5) is 27.7. The highest BCUT2D eigenvalue weighted by Gasteiger charge is 2.43. The maximum Gasteiger partial charge on any atom is 0.355 e. The van der Waals surface area contributed by atoms with Gasteiger partial charge in [0.2, 0.25) is 0 Å². The summed E-state index contributed by atoms with van der Waals surface area (Å²) in [6, 6.07) is 18.4. The summed E-state index contributed by atoms with van der Waals surface area (Å²) < 4.78 is 10.2. The number of esters is 2. The summed E-state index contributed by atoms with van der Waals surface area (Å²) in [6.45, 7) is 0. The fraction of sp³-hybridized carbons (Fsp3) is 0.214. The number of carbonyl (C=O) groups is 2. The van der Waals surface area contributed by atoms with Gasteiger partial charge in [0, 0.05) is 22.5 Å². The highest BCUT2D eigenvalue weighted by Crippen LogP contribution is 2.43. The van der Waals surface area contributed by atoms with Crippen molar-refractivity contribution in [1.82, 2.24) is 10.2 Å². The number of anilines is 1. The average Bonchev–Trinajstić information content (AvgIpc) is 3.56. The number of nitrogens with zero attached hydrogens (tertiary/aromatic N) is 3. The molecule has 0 saturated carbocycles. The second-order valence-electron chi connectivity index (χ2n) is 8.77. The maximum atomic E-state index is 13.2. The Morgan fingerprint density at radius 1 is 1.05 bits per heavy atom. The van der Waals surface area contributed by atoms with E-state index < -0.39 is 17.9 Å². The minimum atomic E-state index is -0.907. The Bertz CT molecular complexity index is 1480. The Morgan fingerprint density at radius 3 is 2.41 bits per heavy atom. The van der Waals surface area contributed by atoms with Gasteiger partial charge in [0.25, 0.3) is 0 Å². The van der Waals surface area contributed by atoms with Gasteiger partial charge in [-0.2, -0.15) is 10.4 Å². The number of ether oxygens (including phenoxy) is 2. The topological polar surface area (TPSA) is 134 Å². The minimum absolute atomic E-state index is 0.0258. The lowest BCUT2D eigenvalue weighted by Crippen LogP contribution is -2.40. The van der Waals surface area contributed by atoms with E-state index in [2.05, 4.69) is 16.3 Å². The van der Waals surface area contributed by atoms with Gasteiger partial charge >= 0.3 is 11.9 Å². The molecule has 1 atom stereocenters. The lowest BCUT2D eigenvalue weighted by atomic mass is 9.81. The number of nitrogens with one attached hydrogen (secondary N) is 1. The molecule has 9 nitrogen and oxygen atoms in total. The summed E-state index contributed by atoms with van der Waals surface area (Å²) in [5.74, 6) is -2.42. The highest BCUT2D eigenvalue weighted by molar-refractivity contribution is 6.06. The number of rotatable bonds is 5. The fourth-order valence-corrected chi connectivity index (χ4v) is 5.11. The molecule has 3 aromatic rings. The molecule has 1 aromatic heterocycles. The first-order chi connectivity index (χ1) is 18.0. The van der Waals surface area contributed by atoms with E-state index in [1.807, 2.05) is 18.2 Å². The van der Waals surface area contributed by atoms with E-state index >= 15 is 0 Å². The second kappa shape index (κ2) is 9.66. The van der Waals surface area contributed by atoms with E-state index in [4.69, 9.17) is 15.2 Å². The van der Waals surface area contributed by atoms with Crippen LogP contribution in [-0.4, -0.2) is 36.4 Å². The van der Waals surface area contributed by atoms with E-state index in [-0.39, 0.29) is 22.7 Å². The number of nitrogens with two attached hydrogens (primary N) is 1. The smallest absolute Gasteiger partial charge is 0.355 e. The predicted molar refractivity (Wildman–Crippen MR) is 136 cm³/mol. The normalized spacial score (nSPS) is 16.9. The van der Waals surface area contributed by atoms with Crippen LogP contribution in [-0.2, 0) is 31.9 Å². The number of methoxy groups -OCH3 is 2. The van der Waals surface area contributed by atoms with Crippen molar-refractivity contribution in [3.05, 3.63) is 94.1 Å². The van der Waals surface area contributed by atoms with Crippen molar-refractivity contribution in [2.75, 3.05) is 19.1 Å². The molecule has 2 heterocycles. The first kappa shape index (κ1) is 23.9. The van der Waals surface area contributed by atoms with Crippen LogP contribution in [0.1, 0.15) is 29.2 Å². The van der Waals surface area contributed by atoms with Gasteiger partial charge in [0.1, 0.15) is 11.5 Å². The molecule has 186 valence electrons. The van der Waals surface area contributed by atoms with E-state index in [9.17, 15) is 14.9 Å². The molecule has 0 spiro atoms. The summed E-state index contributed by atoms with van der Waals surface area (Å²) in [6.07, 6.45) is 3.04. The number of hydrogen-bond donors (Lipinski definition) is 2. The van der Waals surface area contributed by atoms with Gasteiger partial charge < -0.3 is 15.2 Å². The molecule has 0 fully saturated rings. The maximum absolute atomic E-state index is 13.2. The van der Waals surface area contributed by atoms with Gasteiger partial charge in [0.05, 0.1) is 43.0 Å². The molecule has 0 bridgehead atoms. The Balaban J connectivity index is 1.68. The molecule has 1 aliphatic heterocycles. The molecule has 0 amide bonds. The highest BCUT2D eigenvalue weighted by atomic mass is 16.5. The van der Waals surface area contributed by atoms with Crippen LogP contribution < -0.4 is 10.6 Å². The third kappa shape index (κ3) is 3.93. The second-order valence-corrected chi connectivity index (χ2v) is 8.77. The zero-order valence-electron chi connectivity index (χ0n) is 20.4. The van der Waals surface area contributed by atoms with E-state index in [1.165, 1.54) is 24.7 Å². The van der Waals surface area contributed by atoms with Gasteiger partial charge in [0.15, 0.2) is 0 Å². The number of hydrogen-bond acceptors (Lipinski definition) is 8. The Labute approximate surface area is 213 Å². The number of H-pyrrole nitrogens is 1. The van der Waals surface area contributed by atoms with Crippen LogP contribution >= 0.6 is 0 Å². The first-order valence-corrected chi connectivity index (χ1v) is 11.8. The van der Waals surface area contributed by atoms with Crippen molar-refractivity contribution in [1.29, 1.82) is 5.26 Å². The molecular formula is C28H25N5O4. The quantitative estimate of drug-likeness (QED) is 0.514. The molecule has 1 aliphatic carbocycles. The van der Waals surface area contributed by atoms with Crippen LogP contribution in [0.3, 0.4) is 0 Å². The number of carbonyl (C=O) groups excluding carboxylic acids is 2. The zero-order chi connectivity index (χ0) is 26.1. The van der Waals surface area contributed by atoms with Gasteiger partial charge in [-0.15, -0.1) is 0 Å². The SMILES string of the molecule is COC(=O)C1=C(C(=O)OC)N(c2ccc(-c3n[nH]c4c3CCC4)cc2)C(N)=C(C#N)C1c1ccccc1. The van der Waals surface area contributed by atoms with Crippen LogP contribution in [0.5, 0.6) is 0 Å². The van der Waals surface area contributed by atoms with Crippen LogP contribution in [0.15, 0.2) is 77.3 Å². The molecule has 2 aromatic carbocycles. The van der Waals surface area contributed by atoms with Crippen LogP contribution in [0.4, 0.5) is 5.69 Å². The number of aryl methyl sites for hydroxylation is 1. The van der Waals surface area contributed by atoms with Gasteiger partial charge in [-0.1, -0.05) is 42.5 Å². The molecule has 1 unspecified atom stereocenters. The summed E-state index contributed by atoms with van der Waals surface area (Å²) in [5.41, 5.74) is 11.8. The van der Waals surface area contributed by atoms with Crippen molar-refractivity contribution in [3.63, 3.8) is 0 Å². The van der Waals surface area contributed by atoms with Gasteiger partial charge in [-0.25, -0.2) is 9.59 Å². The molecule has 0 saturated heterocycles. The third-order valence-electron chi connectivity index (χ3n) is 6.82. The molecule has 3 N–H and O–H groups in total. The predicted octanol–water partition coefficient (Wildman–Crippen LogP) is 3.46. The number of allylic oxidation sites excluding steroid dienone is 1. The summed E-state index contributed by atoms with van der Waals surface area (Å²) in [7, 11) is 2.45. The minimum Gasteiger partial charge on any atom is -0.466 e. The molecule has 37 heavy (non-hydrogen) atoms. The zero-order valence-corrected chi connectivity index (χ0v) is 20.4. The number of nitriles is 1. The van der Waals surface area contributed by atoms with E-state index in [0.29, 0.717) is 11.3 Å². The Hall–Kier alpha value is -4.84. The average molecular weight is 496 g/mol.